The summed E-state index contributed by atoms with van der Waals surface area (Å²) in [6.45, 7) is 6.31. The molecule has 0 aromatic heterocycles. The molecule has 2 aliphatic rings. The molecule has 2 saturated heterocycles. The molecule has 6 N–H and O–H groups in total. The van der Waals surface area contributed by atoms with Gasteiger partial charge in [-0.15, -0.1) is 0 Å². The zero-order valence-corrected chi connectivity index (χ0v) is 10.8. The molecule has 0 atom stereocenters. The summed E-state index contributed by atoms with van der Waals surface area (Å²) >= 11 is 0. The van der Waals surface area contributed by atoms with E-state index in [2.05, 4.69) is 17.1 Å². The van der Waals surface area contributed by atoms with E-state index in [9.17, 15) is 0 Å². The molecule has 17 heavy (non-hydrogen) atoms. The van der Waals surface area contributed by atoms with Gasteiger partial charge in [0.1, 0.15) is 0 Å². The first-order chi connectivity index (χ1) is 7.79. The zero-order chi connectivity index (χ0) is 11.4. The number of nitrogens with zero attached hydrogens (tertiary/aromatic N) is 1. The van der Waals surface area contributed by atoms with E-state index in [0.717, 1.165) is 25.3 Å². The number of rotatable bonds is 4. The summed E-state index contributed by atoms with van der Waals surface area (Å²) in [5, 5.41) is 3.42. The lowest BCUT2D eigenvalue weighted by Gasteiger charge is -2.41. The highest BCUT2D eigenvalue weighted by Crippen LogP contribution is 2.17. The molecule has 100 valence electrons. The van der Waals surface area contributed by atoms with E-state index in [0.29, 0.717) is 12.1 Å². The molecule has 2 fully saturated rings. The third kappa shape index (κ3) is 3.87. The fraction of sp³-hybridized carbons (Fsp3) is 0.833. The van der Waals surface area contributed by atoms with Crippen molar-refractivity contribution < 1.29 is 4.74 Å². The zero-order valence-electron chi connectivity index (χ0n) is 10.8. The van der Waals surface area contributed by atoms with Crippen LogP contribution in [0.3, 0.4) is 0 Å². The number of nitrogens with one attached hydrogen (secondary N) is 1. The van der Waals surface area contributed by atoms with E-state index in [4.69, 9.17) is 10.5 Å². The Morgan fingerprint density at radius 2 is 2.06 bits per heavy atom. The molecule has 0 saturated carbocycles. The van der Waals surface area contributed by atoms with Crippen LogP contribution in [0.5, 0.6) is 0 Å². The Hall–Kier alpha value is -0.780. The summed E-state index contributed by atoms with van der Waals surface area (Å²) in [7, 11) is 0. The molecule has 0 aromatic rings. The number of allylic oxidation sites excluding steroid dienone is 1. The highest BCUT2D eigenvalue weighted by atomic mass is 16.5. The first-order valence-electron chi connectivity index (χ1n) is 6.32. The van der Waals surface area contributed by atoms with E-state index in [1.807, 2.05) is 6.20 Å². The maximum absolute atomic E-state index is 5.77. The molecule has 5 heteroatoms. The first kappa shape index (κ1) is 14.3. The van der Waals surface area contributed by atoms with Crippen molar-refractivity contribution in [3.63, 3.8) is 0 Å². The Bertz CT molecular complexity index is 245. The third-order valence-corrected chi connectivity index (χ3v) is 3.58. The normalized spacial score (nSPS) is 23.9. The monoisotopic (exact) mass is 242 g/mol. The number of ether oxygens (including phenoxy) is 1. The Labute approximate surface area is 104 Å². The topological polar surface area (TPSA) is 85.5 Å². The van der Waals surface area contributed by atoms with Crippen LogP contribution in [-0.2, 0) is 4.74 Å². The molecule has 0 aliphatic carbocycles. The Morgan fingerprint density at radius 3 is 2.53 bits per heavy atom. The molecule has 2 heterocycles. The minimum absolute atomic E-state index is 0. The number of hydrogen-bond acceptors (Lipinski definition) is 5. The van der Waals surface area contributed by atoms with E-state index < -0.39 is 0 Å². The Morgan fingerprint density at radius 1 is 1.41 bits per heavy atom. The van der Waals surface area contributed by atoms with Crippen LogP contribution in [0.4, 0.5) is 0 Å². The summed E-state index contributed by atoms with van der Waals surface area (Å²) < 4.78 is 5.23. The minimum Gasteiger partial charge on any atom is -0.401 e. The number of nitrogens with two attached hydrogens (primary N) is 1. The number of piperidine rings is 1. The van der Waals surface area contributed by atoms with Crippen LogP contribution in [0.25, 0.3) is 0 Å². The summed E-state index contributed by atoms with van der Waals surface area (Å²) in [5.74, 6) is 0. The number of hydrogen-bond donors (Lipinski definition) is 3. The van der Waals surface area contributed by atoms with Crippen molar-refractivity contribution in [1.82, 2.24) is 16.4 Å². The van der Waals surface area contributed by atoms with Gasteiger partial charge in [-0.2, -0.15) is 0 Å². The molecule has 0 radical (unpaired) electrons. The minimum atomic E-state index is 0. The van der Waals surface area contributed by atoms with Crippen molar-refractivity contribution in [3.05, 3.63) is 11.9 Å². The lowest BCUT2D eigenvalue weighted by molar-refractivity contribution is -0.0716. The Kier molecular flexibility index (Phi) is 5.74. The Balaban J connectivity index is 0.00000144. The SMILES string of the molecule is CC/C(N)=C/NC1CCN(C2COC2)CC1.N. The fourth-order valence-electron chi connectivity index (χ4n) is 2.19. The average Bonchev–Trinajstić information content (AvgIpc) is 2.25. The van der Waals surface area contributed by atoms with Gasteiger partial charge < -0.3 is 21.9 Å². The molecule has 0 amide bonds. The van der Waals surface area contributed by atoms with Gasteiger partial charge in [0.15, 0.2) is 0 Å². The van der Waals surface area contributed by atoms with Crippen LogP contribution < -0.4 is 17.2 Å². The average molecular weight is 242 g/mol. The molecular weight excluding hydrogens is 216 g/mol. The van der Waals surface area contributed by atoms with Gasteiger partial charge in [-0.05, 0) is 19.3 Å². The van der Waals surface area contributed by atoms with Crippen molar-refractivity contribution in [2.75, 3.05) is 26.3 Å². The smallest absolute Gasteiger partial charge is 0.0645 e. The molecule has 2 rings (SSSR count). The van der Waals surface area contributed by atoms with Crippen molar-refractivity contribution in [2.45, 2.75) is 38.3 Å². The van der Waals surface area contributed by atoms with Gasteiger partial charge in [0.25, 0.3) is 0 Å². The second kappa shape index (κ2) is 6.83. The van der Waals surface area contributed by atoms with Crippen LogP contribution in [-0.4, -0.2) is 43.3 Å². The van der Waals surface area contributed by atoms with E-state index in [-0.39, 0.29) is 6.15 Å². The van der Waals surface area contributed by atoms with Gasteiger partial charge in [0.05, 0.1) is 19.3 Å². The molecule has 2 aliphatic heterocycles. The maximum Gasteiger partial charge on any atom is 0.0645 e. The van der Waals surface area contributed by atoms with E-state index >= 15 is 0 Å². The molecule has 0 unspecified atom stereocenters. The van der Waals surface area contributed by atoms with Gasteiger partial charge in [0, 0.05) is 31.0 Å². The van der Waals surface area contributed by atoms with Gasteiger partial charge in [-0.25, -0.2) is 0 Å². The van der Waals surface area contributed by atoms with Crippen molar-refractivity contribution in [1.29, 1.82) is 0 Å². The lowest BCUT2D eigenvalue weighted by atomic mass is 10.0. The van der Waals surface area contributed by atoms with Crippen molar-refractivity contribution in [3.8, 4) is 0 Å². The van der Waals surface area contributed by atoms with Gasteiger partial charge in [-0.1, -0.05) is 6.92 Å². The first-order valence-corrected chi connectivity index (χ1v) is 6.32. The molecule has 0 bridgehead atoms. The second-order valence-corrected chi connectivity index (χ2v) is 4.74. The second-order valence-electron chi connectivity index (χ2n) is 4.74. The van der Waals surface area contributed by atoms with Crippen LogP contribution in [0.2, 0.25) is 0 Å². The summed E-state index contributed by atoms with van der Waals surface area (Å²) in [6, 6.07) is 1.29. The lowest BCUT2D eigenvalue weighted by Crippen LogP contribution is -2.53. The summed E-state index contributed by atoms with van der Waals surface area (Å²) in [4.78, 5) is 2.55. The predicted octanol–water partition coefficient (Wildman–Crippen LogP) is 0.811. The number of likely N-dealkylation sites (tertiary alicyclic amines) is 1. The molecule has 5 nitrogen and oxygen atoms in total. The highest BCUT2D eigenvalue weighted by Gasteiger charge is 2.29. The van der Waals surface area contributed by atoms with Crippen LogP contribution in [0.1, 0.15) is 26.2 Å². The fourth-order valence-corrected chi connectivity index (χ4v) is 2.19. The van der Waals surface area contributed by atoms with Crippen molar-refractivity contribution >= 4 is 0 Å². The highest BCUT2D eigenvalue weighted by molar-refractivity contribution is 4.96. The van der Waals surface area contributed by atoms with E-state index in [1.54, 1.807) is 0 Å². The van der Waals surface area contributed by atoms with Crippen LogP contribution in [0, 0.1) is 0 Å². The molecule has 0 aromatic carbocycles. The van der Waals surface area contributed by atoms with Gasteiger partial charge in [-0.3, -0.25) is 4.90 Å². The predicted molar refractivity (Wildman–Crippen MR) is 69.9 cm³/mol. The van der Waals surface area contributed by atoms with Crippen LogP contribution >= 0.6 is 0 Å². The summed E-state index contributed by atoms with van der Waals surface area (Å²) in [6.07, 6.45) is 5.33. The van der Waals surface area contributed by atoms with E-state index in [1.165, 1.54) is 25.9 Å². The maximum atomic E-state index is 5.77. The summed E-state index contributed by atoms with van der Waals surface area (Å²) in [5.41, 5.74) is 6.71. The molecular formula is C12H26N4O. The largest absolute Gasteiger partial charge is 0.401 e. The molecule has 0 spiro atoms. The van der Waals surface area contributed by atoms with Crippen molar-refractivity contribution in [2.24, 2.45) is 5.73 Å². The quantitative estimate of drug-likeness (QED) is 0.679. The standard InChI is InChI=1S/C12H23N3O.H3N/c1-2-10(13)7-14-11-3-5-15(6-4-11)12-8-16-9-12;/h7,11-12,14H,2-6,8-9,13H2,1H3;1H3/b10-7-;. The third-order valence-electron chi connectivity index (χ3n) is 3.58. The van der Waals surface area contributed by atoms with Gasteiger partial charge in [0.2, 0.25) is 0 Å². The van der Waals surface area contributed by atoms with Crippen LogP contribution in [0.15, 0.2) is 11.9 Å². The van der Waals surface area contributed by atoms with Gasteiger partial charge >= 0.3 is 0 Å².